The summed E-state index contributed by atoms with van der Waals surface area (Å²) < 4.78 is 2.10. The van der Waals surface area contributed by atoms with E-state index in [4.69, 9.17) is 0 Å². The number of rotatable bonds is 7. The fraction of sp³-hybridized carbons (Fsp3) is 0.615. The number of tetrazole rings is 1. The summed E-state index contributed by atoms with van der Waals surface area (Å²) in [6.45, 7) is 7.04. The van der Waals surface area contributed by atoms with Crippen LogP contribution in [0.2, 0.25) is 0 Å². The van der Waals surface area contributed by atoms with Crippen molar-refractivity contribution in [1.29, 1.82) is 0 Å². The highest BCUT2D eigenvalue weighted by molar-refractivity contribution is 5.83. The number of aryl methyl sites for hydroxylation is 2. The van der Waals surface area contributed by atoms with E-state index < -0.39 is 0 Å². The predicted octanol–water partition coefficient (Wildman–Crippen LogP) is 5.14. The zero-order valence-electron chi connectivity index (χ0n) is 20.2. The monoisotopic (exact) mass is 448 g/mol. The van der Waals surface area contributed by atoms with Gasteiger partial charge in [0, 0.05) is 29.1 Å². The van der Waals surface area contributed by atoms with Gasteiger partial charge in [0.05, 0.1) is 12.1 Å². The third-order valence-corrected chi connectivity index (χ3v) is 7.81. The Bertz CT molecular complexity index is 1170. The van der Waals surface area contributed by atoms with Crippen molar-refractivity contribution < 1.29 is 0 Å². The number of pyridine rings is 1. The molecule has 33 heavy (non-hydrogen) atoms. The minimum atomic E-state index is 0.0146. The first-order valence-corrected chi connectivity index (χ1v) is 12.7. The van der Waals surface area contributed by atoms with Crippen LogP contribution in [0, 0.1) is 13.8 Å². The maximum atomic E-state index is 13.2. The van der Waals surface area contributed by atoms with Crippen molar-refractivity contribution in [3.05, 3.63) is 51.1 Å². The van der Waals surface area contributed by atoms with Gasteiger partial charge in [-0.05, 0) is 79.6 Å². The van der Waals surface area contributed by atoms with Gasteiger partial charge >= 0.3 is 0 Å². The molecule has 176 valence electrons. The smallest absolute Gasteiger partial charge is 0.252 e. The zero-order valence-corrected chi connectivity index (χ0v) is 20.2. The van der Waals surface area contributed by atoms with E-state index in [-0.39, 0.29) is 11.6 Å². The number of hydrogen-bond acceptors (Lipinski definition) is 5. The molecule has 1 unspecified atom stereocenters. The minimum Gasteiger partial charge on any atom is -0.322 e. The SMILES string of the molecule is CCC(c1nnnn1C1CCCC1)N(Cc1cc2c(C)cc(C)cc2[nH]c1=O)C1CCCC1. The third kappa shape index (κ3) is 4.35. The van der Waals surface area contributed by atoms with Gasteiger partial charge in [0.15, 0.2) is 5.82 Å². The lowest BCUT2D eigenvalue weighted by molar-refractivity contribution is 0.110. The Morgan fingerprint density at radius 1 is 1.09 bits per heavy atom. The molecule has 1 atom stereocenters. The average molecular weight is 449 g/mol. The Balaban J connectivity index is 1.53. The Labute approximate surface area is 195 Å². The van der Waals surface area contributed by atoms with E-state index in [1.807, 2.05) is 0 Å². The van der Waals surface area contributed by atoms with E-state index in [1.165, 1.54) is 49.7 Å². The molecule has 0 saturated heterocycles. The van der Waals surface area contributed by atoms with Crippen LogP contribution in [-0.4, -0.2) is 36.1 Å². The molecule has 3 aromatic rings. The van der Waals surface area contributed by atoms with Crippen LogP contribution in [0.25, 0.3) is 10.9 Å². The number of nitrogens with zero attached hydrogens (tertiary/aromatic N) is 5. The van der Waals surface area contributed by atoms with E-state index in [0.717, 1.165) is 41.6 Å². The lowest BCUT2D eigenvalue weighted by Crippen LogP contribution is -2.39. The highest BCUT2D eigenvalue weighted by Gasteiger charge is 2.34. The van der Waals surface area contributed by atoms with Gasteiger partial charge in [0.2, 0.25) is 0 Å². The van der Waals surface area contributed by atoms with Gasteiger partial charge in [-0.25, -0.2) is 4.68 Å². The van der Waals surface area contributed by atoms with Crippen molar-refractivity contribution in [1.82, 2.24) is 30.1 Å². The van der Waals surface area contributed by atoms with Crippen molar-refractivity contribution in [2.75, 3.05) is 0 Å². The van der Waals surface area contributed by atoms with Crippen LogP contribution in [0.3, 0.4) is 0 Å². The molecule has 2 saturated carbocycles. The average Bonchev–Trinajstić information content (AvgIpc) is 3.56. The molecule has 2 aromatic heterocycles. The molecule has 7 nitrogen and oxygen atoms in total. The van der Waals surface area contributed by atoms with E-state index >= 15 is 0 Å². The first kappa shape index (κ1) is 22.3. The van der Waals surface area contributed by atoms with Gasteiger partial charge in [-0.15, -0.1) is 5.10 Å². The molecular formula is C26H36N6O. The number of aromatic nitrogens is 5. The Hall–Kier alpha value is -2.54. The highest BCUT2D eigenvalue weighted by atomic mass is 16.1. The van der Waals surface area contributed by atoms with E-state index in [2.05, 4.69) is 69.1 Å². The first-order chi connectivity index (χ1) is 16.0. The van der Waals surface area contributed by atoms with Crippen LogP contribution in [0.5, 0.6) is 0 Å². The van der Waals surface area contributed by atoms with E-state index in [0.29, 0.717) is 18.6 Å². The van der Waals surface area contributed by atoms with E-state index in [1.54, 1.807) is 0 Å². The molecule has 0 bridgehead atoms. The number of aromatic amines is 1. The summed E-state index contributed by atoms with van der Waals surface area (Å²) in [5.41, 5.74) is 4.14. The summed E-state index contributed by atoms with van der Waals surface area (Å²) in [5, 5.41) is 14.2. The van der Waals surface area contributed by atoms with Crippen molar-refractivity contribution in [2.45, 2.75) is 103 Å². The normalized spacial score (nSPS) is 18.7. The van der Waals surface area contributed by atoms with Crippen LogP contribution >= 0.6 is 0 Å². The Morgan fingerprint density at radius 2 is 1.82 bits per heavy atom. The number of H-pyrrole nitrogens is 1. The molecule has 0 spiro atoms. The summed E-state index contributed by atoms with van der Waals surface area (Å²) in [6.07, 6.45) is 10.6. The second-order valence-electron chi connectivity index (χ2n) is 10.1. The number of benzene rings is 1. The van der Waals surface area contributed by atoms with Crippen molar-refractivity contribution in [2.24, 2.45) is 0 Å². The highest BCUT2D eigenvalue weighted by Crippen LogP contribution is 2.36. The van der Waals surface area contributed by atoms with Crippen molar-refractivity contribution >= 4 is 10.9 Å². The second kappa shape index (κ2) is 9.37. The topological polar surface area (TPSA) is 79.7 Å². The fourth-order valence-electron chi connectivity index (χ4n) is 6.15. The third-order valence-electron chi connectivity index (χ3n) is 7.81. The van der Waals surface area contributed by atoms with Gasteiger partial charge in [-0.3, -0.25) is 9.69 Å². The number of hydrogen-bond donors (Lipinski definition) is 1. The Morgan fingerprint density at radius 3 is 2.55 bits per heavy atom. The first-order valence-electron chi connectivity index (χ1n) is 12.7. The lowest BCUT2D eigenvalue weighted by atomic mass is 10.0. The van der Waals surface area contributed by atoms with Gasteiger partial charge < -0.3 is 4.98 Å². The van der Waals surface area contributed by atoms with Crippen molar-refractivity contribution in [3.63, 3.8) is 0 Å². The molecule has 2 aliphatic carbocycles. The molecular weight excluding hydrogens is 412 g/mol. The number of fused-ring (bicyclic) bond motifs is 1. The molecule has 7 heteroatoms. The van der Waals surface area contributed by atoms with Crippen LogP contribution in [0.4, 0.5) is 0 Å². The summed E-state index contributed by atoms with van der Waals surface area (Å²) in [5.74, 6) is 0.973. The standard InChI is InChI=1S/C26H36N6O/c1-4-24(25-28-29-30-32(25)21-11-7-8-12-21)31(20-9-5-6-10-20)16-19-15-22-18(3)13-17(2)14-23(22)27-26(19)33/h13-15,20-21,24H,4-12,16H2,1-3H3,(H,27,33). The molecule has 1 aromatic carbocycles. The molecule has 0 radical (unpaired) electrons. The lowest BCUT2D eigenvalue weighted by Gasteiger charge is -2.35. The number of nitrogens with one attached hydrogen (secondary N) is 1. The zero-order chi connectivity index (χ0) is 22.9. The summed E-state index contributed by atoms with van der Waals surface area (Å²) in [6, 6.07) is 7.33. The molecule has 0 amide bonds. The van der Waals surface area contributed by atoms with Crippen LogP contribution < -0.4 is 5.56 Å². The molecule has 1 N–H and O–H groups in total. The summed E-state index contributed by atoms with van der Waals surface area (Å²) in [4.78, 5) is 18.8. The van der Waals surface area contributed by atoms with Crippen LogP contribution in [-0.2, 0) is 6.54 Å². The quantitative estimate of drug-likeness (QED) is 0.541. The second-order valence-corrected chi connectivity index (χ2v) is 10.1. The van der Waals surface area contributed by atoms with Gasteiger partial charge in [0.1, 0.15) is 0 Å². The molecule has 2 fully saturated rings. The van der Waals surface area contributed by atoms with Gasteiger partial charge in [0.25, 0.3) is 5.56 Å². The van der Waals surface area contributed by atoms with Gasteiger partial charge in [-0.2, -0.15) is 0 Å². The predicted molar refractivity (Wildman–Crippen MR) is 130 cm³/mol. The van der Waals surface area contributed by atoms with Crippen LogP contribution in [0.1, 0.15) is 99.3 Å². The molecule has 5 rings (SSSR count). The fourth-order valence-corrected chi connectivity index (χ4v) is 6.15. The Kier molecular flexibility index (Phi) is 6.32. The maximum Gasteiger partial charge on any atom is 0.252 e. The summed E-state index contributed by atoms with van der Waals surface area (Å²) in [7, 11) is 0. The van der Waals surface area contributed by atoms with Gasteiger partial charge in [-0.1, -0.05) is 38.7 Å². The van der Waals surface area contributed by atoms with Crippen LogP contribution in [0.15, 0.2) is 23.0 Å². The van der Waals surface area contributed by atoms with E-state index in [9.17, 15) is 4.79 Å². The minimum absolute atomic E-state index is 0.0146. The van der Waals surface area contributed by atoms with Crippen molar-refractivity contribution in [3.8, 4) is 0 Å². The molecule has 0 aliphatic heterocycles. The molecule has 2 aliphatic rings. The largest absolute Gasteiger partial charge is 0.322 e. The maximum absolute atomic E-state index is 13.2. The summed E-state index contributed by atoms with van der Waals surface area (Å²) >= 11 is 0. The molecule has 2 heterocycles.